The van der Waals surface area contributed by atoms with Gasteiger partial charge in [0.05, 0.1) is 16.3 Å². The number of anilines is 2. The van der Waals surface area contributed by atoms with Crippen LogP contribution in [0.1, 0.15) is 25.7 Å². The molecule has 0 aliphatic rings. The van der Waals surface area contributed by atoms with Gasteiger partial charge in [-0.05, 0) is 49.2 Å². The number of carbonyl (C=O) groups is 2. The molecule has 0 radical (unpaired) electrons. The van der Waals surface area contributed by atoms with E-state index in [0.717, 1.165) is 28.8 Å². The van der Waals surface area contributed by atoms with Crippen LogP contribution in [-0.2, 0) is 9.59 Å². The van der Waals surface area contributed by atoms with Gasteiger partial charge >= 0.3 is 0 Å². The van der Waals surface area contributed by atoms with Crippen molar-refractivity contribution in [2.45, 2.75) is 36.1 Å². The fourth-order valence-electron chi connectivity index (χ4n) is 3.47. The van der Waals surface area contributed by atoms with Crippen LogP contribution in [0.3, 0.4) is 0 Å². The second-order valence-electron chi connectivity index (χ2n) is 7.68. The van der Waals surface area contributed by atoms with Gasteiger partial charge in [0.1, 0.15) is 0 Å². The lowest BCUT2D eigenvalue weighted by Gasteiger charge is -2.15. The van der Waals surface area contributed by atoms with Crippen molar-refractivity contribution in [2.24, 2.45) is 0 Å². The lowest BCUT2D eigenvalue weighted by atomic mass is 10.1. The van der Waals surface area contributed by atoms with E-state index < -0.39 is 0 Å². The number of H-pyrrole nitrogens is 1. The number of amides is 2. The smallest absolute Gasteiger partial charge is 0.237 e. The van der Waals surface area contributed by atoms with E-state index in [9.17, 15) is 9.59 Å². The molecular weight excluding hydrogens is 432 g/mol. The van der Waals surface area contributed by atoms with E-state index in [1.54, 1.807) is 0 Å². The molecule has 1 heterocycles. The zero-order chi connectivity index (χ0) is 22.9. The number of imidazole rings is 1. The van der Waals surface area contributed by atoms with Gasteiger partial charge in [-0.15, -0.1) is 0 Å². The molecule has 0 spiro atoms. The maximum atomic E-state index is 13.0. The van der Waals surface area contributed by atoms with E-state index in [1.165, 1.54) is 11.8 Å². The second-order valence-corrected chi connectivity index (χ2v) is 8.87. The first-order valence-corrected chi connectivity index (χ1v) is 11.9. The van der Waals surface area contributed by atoms with Gasteiger partial charge < -0.3 is 15.6 Å². The first-order chi connectivity index (χ1) is 16.2. The predicted molar refractivity (Wildman–Crippen MR) is 134 cm³/mol. The zero-order valence-corrected chi connectivity index (χ0v) is 19.0. The molecule has 7 heteroatoms. The number of para-hydroxylation sites is 4. The Morgan fingerprint density at radius 2 is 1.45 bits per heavy atom. The molecule has 0 aliphatic heterocycles. The number of nitrogens with one attached hydrogen (secondary N) is 3. The van der Waals surface area contributed by atoms with Crippen molar-refractivity contribution in [3.63, 3.8) is 0 Å². The molecule has 0 aliphatic carbocycles. The number of fused-ring (bicyclic) bond motifs is 1. The maximum absolute atomic E-state index is 13.0. The highest BCUT2D eigenvalue weighted by Crippen LogP contribution is 2.28. The molecule has 6 nitrogen and oxygen atoms in total. The molecule has 2 amide bonds. The Morgan fingerprint density at radius 3 is 2.15 bits per heavy atom. The summed E-state index contributed by atoms with van der Waals surface area (Å²) in [6.45, 7) is 0. The number of aromatic amines is 1. The lowest BCUT2D eigenvalue weighted by Crippen LogP contribution is -2.25. The summed E-state index contributed by atoms with van der Waals surface area (Å²) in [5, 5.41) is 6.28. The summed E-state index contributed by atoms with van der Waals surface area (Å²) >= 11 is 1.42. The van der Waals surface area contributed by atoms with Crippen molar-refractivity contribution in [2.75, 3.05) is 10.6 Å². The summed E-state index contributed by atoms with van der Waals surface area (Å²) in [6, 6.07) is 26.7. The van der Waals surface area contributed by atoms with E-state index >= 15 is 0 Å². The normalized spacial score (nSPS) is 11.8. The van der Waals surface area contributed by atoms with Crippen LogP contribution in [0.4, 0.5) is 11.4 Å². The summed E-state index contributed by atoms with van der Waals surface area (Å²) < 4.78 is 0. The highest BCUT2D eigenvalue weighted by molar-refractivity contribution is 8.00. The molecule has 168 valence electrons. The molecule has 0 bridgehead atoms. The van der Waals surface area contributed by atoms with Gasteiger partial charge in [0, 0.05) is 17.8 Å². The number of unbranched alkanes of at least 4 members (excludes halogenated alkanes) is 1. The largest absolute Gasteiger partial charge is 0.333 e. The third-order valence-electron chi connectivity index (χ3n) is 5.13. The molecular formula is C26H26N4O2S. The first-order valence-electron chi connectivity index (χ1n) is 11.0. The topological polar surface area (TPSA) is 86.9 Å². The van der Waals surface area contributed by atoms with Gasteiger partial charge in [-0.1, -0.05) is 66.7 Å². The van der Waals surface area contributed by atoms with Crippen molar-refractivity contribution in [1.82, 2.24) is 9.97 Å². The lowest BCUT2D eigenvalue weighted by molar-refractivity contribution is -0.116. The Morgan fingerprint density at radius 1 is 0.818 bits per heavy atom. The fraction of sp³-hybridized carbons (Fsp3) is 0.192. The minimum atomic E-state index is -0.331. The summed E-state index contributed by atoms with van der Waals surface area (Å²) in [5.41, 5.74) is 3.38. The molecule has 4 aromatic rings. The third kappa shape index (κ3) is 6.70. The highest BCUT2D eigenvalue weighted by Gasteiger charge is 2.22. The number of rotatable bonds is 10. The van der Waals surface area contributed by atoms with E-state index in [1.807, 2.05) is 84.9 Å². The number of hydrogen-bond donors (Lipinski definition) is 3. The van der Waals surface area contributed by atoms with E-state index in [4.69, 9.17) is 0 Å². The van der Waals surface area contributed by atoms with Gasteiger partial charge in [-0.25, -0.2) is 4.98 Å². The average Bonchev–Trinajstić information content (AvgIpc) is 3.25. The standard InChI is InChI=1S/C26H26N4O2S/c31-24(27-19-11-3-1-4-12-19)18-10-9-17-23(25(32)28-20-13-5-2-6-14-20)33-26-29-21-15-7-8-16-22(21)30-26/h1-8,11-16,23H,9-10,17-18H2,(H,27,31)(H,28,32)(H,29,30). The SMILES string of the molecule is O=C(CCCCC(Sc1nc2ccccc2[nH]1)C(=O)Nc1ccccc1)Nc1ccccc1. The summed E-state index contributed by atoms with van der Waals surface area (Å²) in [4.78, 5) is 33.2. The molecule has 4 rings (SSSR count). The monoisotopic (exact) mass is 458 g/mol. The predicted octanol–water partition coefficient (Wildman–Crippen LogP) is 5.86. The number of nitrogens with zero attached hydrogens (tertiary/aromatic N) is 1. The van der Waals surface area contributed by atoms with Crippen molar-refractivity contribution in [1.29, 1.82) is 0 Å². The van der Waals surface area contributed by atoms with E-state index in [2.05, 4.69) is 20.6 Å². The van der Waals surface area contributed by atoms with E-state index in [0.29, 0.717) is 24.4 Å². The highest BCUT2D eigenvalue weighted by atomic mass is 32.2. The minimum Gasteiger partial charge on any atom is -0.333 e. The number of aromatic nitrogens is 2. The molecule has 1 aromatic heterocycles. The Balaban J connectivity index is 1.35. The second kappa shape index (κ2) is 11.3. The summed E-state index contributed by atoms with van der Waals surface area (Å²) in [7, 11) is 0. The number of hydrogen-bond acceptors (Lipinski definition) is 4. The number of thioether (sulfide) groups is 1. The molecule has 1 unspecified atom stereocenters. The van der Waals surface area contributed by atoms with Crippen LogP contribution in [0, 0.1) is 0 Å². The molecule has 0 saturated heterocycles. The van der Waals surface area contributed by atoms with Gasteiger partial charge in [0.2, 0.25) is 11.8 Å². The Labute approximate surface area is 197 Å². The van der Waals surface area contributed by atoms with Crippen molar-refractivity contribution >= 4 is 46.0 Å². The maximum Gasteiger partial charge on any atom is 0.237 e. The van der Waals surface area contributed by atoms with Gasteiger partial charge in [0.15, 0.2) is 5.16 Å². The van der Waals surface area contributed by atoms with Crippen molar-refractivity contribution in [3.05, 3.63) is 84.9 Å². The van der Waals surface area contributed by atoms with Gasteiger partial charge in [-0.3, -0.25) is 9.59 Å². The Bertz CT molecular complexity index is 1160. The molecule has 1 atom stereocenters. The molecule has 0 saturated carbocycles. The third-order valence-corrected chi connectivity index (χ3v) is 6.28. The number of carbonyl (C=O) groups excluding carboxylic acids is 2. The van der Waals surface area contributed by atoms with Crippen LogP contribution in [0.15, 0.2) is 90.1 Å². The van der Waals surface area contributed by atoms with Crippen molar-refractivity contribution < 1.29 is 9.59 Å². The molecule has 33 heavy (non-hydrogen) atoms. The molecule has 3 aromatic carbocycles. The van der Waals surface area contributed by atoms with E-state index in [-0.39, 0.29) is 17.1 Å². The Hall–Kier alpha value is -3.58. The van der Waals surface area contributed by atoms with Gasteiger partial charge in [-0.2, -0.15) is 0 Å². The van der Waals surface area contributed by atoms with Crippen LogP contribution in [0.25, 0.3) is 11.0 Å². The number of benzene rings is 3. The van der Waals surface area contributed by atoms with Crippen LogP contribution in [0.2, 0.25) is 0 Å². The first kappa shape index (κ1) is 22.6. The summed E-state index contributed by atoms with van der Waals surface area (Å²) in [5.74, 6) is -0.0863. The average molecular weight is 459 g/mol. The minimum absolute atomic E-state index is 0.0172. The van der Waals surface area contributed by atoms with Gasteiger partial charge in [0.25, 0.3) is 0 Å². The Kier molecular flexibility index (Phi) is 7.76. The quantitative estimate of drug-likeness (QED) is 0.205. The van der Waals surface area contributed by atoms with Crippen LogP contribution < -0.4 is 10.6 Å². The molecule has 0 fully saturated rings. The molecule has 3 N–H and O–H groups in total. The summed E-state index contributed by atoms with van der Waals surface area (Å²) in [6.07, 6.45) is 2.51. The van der Waals surface area contributed by atoms with Crippen LogP contribution in [-0.4, -0.2) is 27.0 Å². The zero-order valence-electron chi connectivity index (χ0n) is 18.2. The van der Waals surface area contributed by atoms with Crippen LogP contribution in [0.5, 0.6) is 0 Å². The fourth-order valence-corrected chi connectivity index (χ4v) is 4.51. The van der Waals surface area contributed by atoms with Crippen LogP contribution >= 0.6 is 11.8 Å². The van der Waals surface area contributed by atoms with Crippen molar-refractivity contribution in [3.8, 4) is 0 Å².